The summed E-state index contributed by atoms with van der Waals surface area (Å²) < 4.78 is 2.25. The van der Waals surface area contributed by atoms with E-state index < -0.39 is 0 Å². The highest BCUT2D eigenvalue weighted by molar-refractivity contribution is 5.36. The third-order valence-corrected chi connectivity index (χ3v) is 3.60. The third-order valence-electron chi connectivity index (χ3n) is 3.60. The van der Waals surface area contributed by atoms with Gasteiger partial charge in [0.25, 0.3) is 5.82 Å². The van der Waals surface area contributed by atoms with Gasteiger partial charge in [-0.1, -0.05) is 42.5 Å². The Labute approximate surface area is 119 Å². The monoisotopic (exact) mass is 263 g/mol. The standard InChI is InChI=1S/C18H18N2/c1-14-8-9-15(2)17(12-14)20-11-10-19-18(20)13-16-6-4-3-5-7-16/h3-12H,13H2,1-2H3/p+1. The van der Waals surface area contributed by atoms with Crippen molar-refractivity contribution in [1.29, 1.82) is 0 Å². The van der Waals surface area contributed by atoms with E-state index in [1.165, 1.54) is 28.2 Å². The summed E-state index contributed by atoms with van der Waals surface area (Å²) in [5.74, 6) is 1.20. The van der Waals surface area contributed by atoms with E-state index in [0.717, 1.165) is 6.42 Å². The average molecular weight is 263 g/mol. The maximum atomic E-state index is 3.36. The molecule has 20 heavy (non-hydrogen) atoms. The van der Waals surface area contributed by atoms with E-state index in [2.05, 4.69) is 78.1 Å². The van der Waals surface area contributed by atoms with Crippen molar-refractivity contribution in [2.45, 2.75) is 20.3 Å². The first-order valence-corrected chi connectivity index (χ1v) is 6.93. The molecule has 0 radical (unpaired) electrons. The smallest absolute Gasteiger partial charge is 0.247 e. The quantitative estimate of drug-likeness (QED) is 0.698. The SMILES string of the molecule is Cc1ccc(C)c(-[n+]2cc[nH]c2Cc2ccccc2)c1. The van der Waals surface area contributed by atoms with E-state index in [4.69, 9.17) is 0 Å². The molecule has 3 aromatic rings. The number of rotatable bonds is 3. The molecular weight excluding hydrogens is 244 g/mol. The summed E-state index contributed by atoms with van der Waals surface area (Å²) in [6, 6.07) is 17.1. The first-order valence-electron chi connectivity index (χ1n) is 6.93. The molecule has 0 unspecified atom stereocenters. The third kappa shape index (κ3) is 2.50. The van der Waals surface area contributed by atoms with Crippen LogP contribution in [0.5, 0.6) is 0 Å². The van der Waals surface area contributed by atoms with Crippen LogP contribution >= 0.6 is 0 Å². The van der Waals surface area contributed by atoms with Crippen molar-refractivity contribution in [1.82, 2.24) is 4.98 Å². The molecule has 0 saturated carbocycles. The molecule has 1 heterocycles. The highest BCUT2D eigenvalue weighted by atomic mass is 15.1. The van der Waals surface area contributed by atoms with Crippen molar-refractivity contribution in [3.8, 4) is 5.69 Å². The normalized spacial score (nSPS) is 10.7. The number of imidazole rings is 1. The molecule has 0 atom stereocenters. The number of H-pyrrole nitrogens is 1. The first-order chi connectivity index (χ1) is 9.74. The van der Waals surface area contributed by atoms with Gasteiger partial charge >= 0.3 is 0 Å². The number of benzene rings is 2. The van der Waals surface area contributed by atoms with Gasteiger partial charge in [-0.25, -0.2) is 4.98 Å². The predicted octanol–water partition coefficient (Wildman–Crippen LogP) is 3.50. The van der Waals surface area contributed by atoms with E-state index in [-0.39, 0.29) is 0 Å². The van der Waals surface area contributed by atoms with Crippen molar-refractivity contribution in [2.24, 2.45) is 0 Å². The zero-order valence-corrected chi connectivity index (χ0v) is 11.9. The fraction of sp³-hybridized carbons (Fsp3) is 0.167. The fourth-order valence-electron chi connectivity index (χ4n) is 2.50. The molecule has 0 saturated heterocycles. The summed E-state index contributed by atoms with van der Waals surface area (Å²) >= 11 is 0. The zero-order valence-electron chi connectivity index (χ0n) is 11.9. The molecule has 0 amide bonds. The molecule has 2 heteroatoms. The van der Waals surface area contributed by atoms with Crippen LogP contribution in [0, 0.1) is 13.8 Å². The Balaban J connectivity index is 2.00. The lowest BCUT2D eigenvalue weighted by Gasteiger charge is -2.05. The molecule has 1 N–H and O–H groups in total. The van der Waals surface area contributed by atoms with Crippen LogP contribution in [-0.2, 0) is 6.42 Å². The number of aryl methyl sites for hydroxylation is 2. The lowest BCUT2D eigenvalue weighted by atomic mass is 10.1. The molecule has 3 rings (SSSR count). The van der Waals surface area contributed by atoms with Crippen molar-refractivity contribution in [2.75, 3.05) is 0 Å². The number of nitrogens with one attached hydrogen (secondary N) is 1. The minimum Gasteiger partial charge on any atom is -0.247 e. The zero-order chi connectivity index (χ0) is 13.9. The van der Waals surface area contributed by atoms with Gasteiger partial charge in [-0.3, -0.25) is 0 Å². The summed E-state index contributed by atoms with van der Waals surface area (Å²) in [5.41, 5.74) is 5.13. The van der Waals surface area contributed by atoms with E-state index in [9.17, 15) is 0 Å². The second-order valence-corrected chi connectivity index (χ2v) is 5.23. The highest BCUT2D eigenvalue weighted by Crippen LogP contribution is 2.12. The average Bonchev–Trinajstić information content (AvgIpc) is 2.91. The maximum absolute atomic E-state index is 3.36. The van der Waals surface area contributed by atoms with Gasteiger partial charge in [0.15, 0.2) is 0 Å². The van der Waals surface area contributed by atoms with Crippen LogP contribution in [0.1, 0.15) is 22.5 Å². The molecular formula is C18H19N2+. The lowest BCUT2D eigenvalue weighted by Crippen LogP contribution is -2.34. The van der Waals surface area contributed by atoms with Crippen LogP contribution < -0.4 is 4.57 Å². The molecule has 0 bridgehead atoms. The van der Waals surface area contributed by atoms with Crippen LogP contribution in [0.4, 0.5) is 0 Å². The molecule has 0 aliphatic rings. The van der Waals surface area contributed by atoms with Gasteiger partial charge in [-0.05, 0) is 36.6 Å². The lowest BCUT2D eigenvalue weighted by molar-refractivity contribution is -0.602. The van der Waals surface area contributed by atoms with Crippen LogP contribution in [0.3, 0.4) is 0 Å². The minimum absolute atomic E-state index is 0.904. The van der Waals surface area contributed by atoms with Gasteiger partial charge < -0.3 is 0 Å². The van der Waals surface area contributed by atoms with Crippen molar-refractivity contribution in [3.05, 3.63) is 83.4 Å². The number of aromatic amines is 1. The van der Waals surface area contributed by atoms with Crippen molar-refractivity contribution >= 4 is 0 Å². The molecule has 0 spiro atoms. The topological polar surface area (TPSA) is 19.7 Å². The van der Waals surface area contributed by atoms with Crippen LogP contribution in [0.15, 0.2) is 60.9 Å². The van der Waals surface area contributed by atoms with Crippen molar-refractivity contribution in [3.63, 3.8) is 0 Å². The van der Waals surface area contributed by atoms with Gasteiger partial charge in [0.1, 0.15) is 18.1 Å². The highest BCUT2D eigenvalue weighted by Gasteiger charge is 2.15. The Hall–Kier alpha value is -2.35. The number of hydrogen-bond donors (Lipinski definition) is 1. The summed E-state index contributed by atoms with van der Waals surface area (Å²) in [6.45, 7) is 4.29. The van der Waals surface area contributed by atoms with Gasteiger partial charge in [-0.15, -0.1) is 0 Å². The Morgan fingerprint density at radius 2 is 1.80 bits per heavy atom. The Bertz CT molecular complexity index is 711. The minimum atomic E-state index is 0.904. The van der Waals surface area contributed by atoms with E-state index in [1.54, 1.807) is 0 Å². The molecule has 2 nitrogen and oxygen atoms in total. The first kappa shape index (κ1) is 12.7. The summed E-state index contributed by atoms with van der Waals surface area (Å²) in [7, 11) is 0. The molecule has 0 fully saturated rings. The second-order valence-electron chi connectivity index (χ2n) is 5.23. The van der Waals surface area contributed by atoms with Gasteiger partial charge in [0.05, 0.1) is 6.42 Å². The number of nitrogens with zero attached hydrogens (tertiary/aromatic N) is 1. The Kier molecular flexibility index (Phi) is 3.38. The van der Waals surface area contributed by atoms with E-state index >= 15 is 0 Å². The summed E-state index contributed by atoms with van der Waals surface area (Å²) in [6.07, 6.45) is 5.00. The Morgan fingerprint density at radius 3 is 2.60 bits per heavy atom. The van der Waals surface area contributed by atoms with Gasteiger partial charge in [0, 0.05) is 0 Å². The van der Waals surface area contributed by atoms with E-state index in [1.807, 2.05) is 6.20 Å². The molecule has 0 aliphatic carbocycles. The van der Waals surface area contributed by atoms with Gasteiger partial charge in [-0.2, -0.15) is 4.57 Å². The second kappa shape index (κ2) is 5.33. The maximum Gasteiger partial charge on any atom is 0.263 e. The van der Waals surface area contributed by atoms with Gasteiger partial charge in [0.2, 0.25) is 0 Å². The molecule has 0 aliphatic heterocycles. The number of aromatic nitrogens is 2. The van der Waals surface area contributed by atoms with E-state index in [0.29, 0.717) is 0 Å². The largest absolute Gasteiger partial charge is 0.263 e. The number of hydrogen-bond acceptors (Lipinski definition) is 0. The van der Waals surface area contributed by atoms with Crippen LogP contribution in [-0.4, -0.2) is 4.98 Å². The molecule has 1 aromatic heterocycles. The van der Waals surface area contributed by atoms with Crippen LogP contribution in [0.2, 0.25) is 0 Å². The predicted molar refractivity (Wildman–Crippen MR) is 81.0 cm³/mol. The molecule has 100 valence electrons. The molecule has 2 aromatic carbocycles. The fourth-order valence-corrected chi connectivity index (χ4v) is 2.50. The summed E-state index contributed by atoms with van der Waals surface area (Å²) in [5, 5.41) is 0. The summed E-state index contributed by atoms with van der Waals surface area (Å²) in [4.78, 5) is 3.36. The Morgan fingerprint density at radius 1 is 1.00 bits per heavy atom. The van der Waals surface area contributed by atoms with Crippen molar-refractivity contribution < 1.29 is 4.57 Å². The van der Waals surface area contributed by atoms with Crippen LogP contribution in [0.25, 0.3) is 5.69 Å².